The van der Waals surface area contributed by atoms with E-state index in [1.165, 1.54) is 12.8 Å². The van der Waals surface area contributed by atoms with Crippen LogP contribution in [0.15, 0.2) is 55.1 Å². The molecule has 1 atom stereocenters. The highest BCUT2D eigenvalue weighted by Gasteiger charge is 2.26. The van der Waals surface area contributed by atoms with E-state index in [9.17, 15) is 4.79 Å². The van der Waals surface area contributed by atoms with Crippen LogP contribution < -0.4 is 14.8 Å². The van der Waals surface area contributed by atoms with Crippen LogP contribution in [0.1, 0.15) is 66.4 Å². The Morgan fingerprint density at radius 2 is 2.03 bits per heavy atom. The number of allylic oxidation sites excluding steroid dienone is 1. The maximum atomic E-state index is 12.9. The summed E-state index contributed by atoms with van der Waals surface area (Å²) in [7, 11) is 0. The lowest BCUT2D eigenvalue weighted by molar-refractivity contribution is 0.102. The number of nitrogens with one attached hydrogen (secondary N) is 2. The number of amides is 1. The quantitative estimate of drug-likeness (QED) is 0.316. The average Bonchev–Trinajstić information content (AvgIpc) is 3.39. The lowest BCUT2D eigenvalue weighted by atomic mass is 10.0. The number of anilines is 1. The number of aromatic amines is 1. The number of rotatable bonds is 11. The molecule has 2 N–H and O–H groups in total. The number of tetrazole rings is 1. The zero-order valence-electron chi connectivity index (χ0n) is 18.6. The van der Waals surface area contributed by atoms with E-state index in [-0.39, 0.29) is 12.0 Å². The minimum absolute atomic E-state index is 0.204. The standard InChI is InChI=1S/C25H29N5O3/c1-2-3-4-5-6-7-17-32-20-14-11-19(12-15-20)25(31)26-21-10-8-9-18-13-16-22(33-23(18)21)24-27-29-30-28-24/h2,8-12,14-15,22H,1,3-7,13,16-17H2,(H,26,31)(H,27,28,29,30). The van der Waals surface area contributed by atoms with Crippen LogP contribution in [-0.4, -0.2) is 33.1 Å². The van der Waals surface area contributed by atoms with Crippen LogP contribution in [-0.2, 0) is 6.42 Å². The highest BCUT2D eigenvalue weighted by Crippen LogP contribution is 2.39. The first kappa shape index (κ1) is 22.5. The molecule has 0 saturated carbocycles. The fraction of sp³-hybridized carbons (Fsp3) is 0.360. The topological polar surface area (TPSA) is 102 Å². The van der Waals surface area contributed by atoms with Crippen molar-refractivity contribution in [2.45, 2.75) is 51.0 Å². The summed E-state index contributed by atoms with van der Waals surface area (Å²) in [6.07, 6.45) is 8.86. The fourth-order valence-electron chi connectivity index (χ4n) is 3.83. The van der Waals surface area contributed by atoms with Gasteiger partial charge in [-0.15, -0.1) is 11.7 Å². The molecule has 8 nitrogen and oxygen atoms in total. The van der Waals surface area contributed by atoms with Gasteiger partial charge in [-0.05, 0) is 78.4 Å². The molecular weight excluding hydrogens is 418 g/mol. The molecule has 2 heterocycles. The monoisotopic (exact) mass is 447 g/mol. The van der Waals surface area contributed by atoms with Gasteiger partial charge >= 0.3 is 0 Å². The summed E-state index contributed by atoms with van der Waals surface area (Å²) in [6, 6.07) is 13.0. The molecule has 33 heavy (non-hydrogen) atoms. The minimum atomic E-state index is -0.274. The first-order chi connectivity index (χ1) is 16.2. The molecule has 2 aromatic carbocycles. The van der Waals surface area contributed by atoms with Gasteiger partial charge in [0.15, 0.2) is 11.9 Å². The van der Waals surface area contributed by atoms with Gasteiger partial charge in [0, 0.05) is 5.56 Å². The second-order valence-electron chi connectivity index (χ2n) is 8.04. The molecule has 0 bridgehead atoms. The third-order valence-corrected chi connectivity index (χ3v) is 5.64. The summed E-state index contributed by atoms with van der Waals surface area (Å²) in [4.78, 5) is 12.9. The van der Waals surface area contributed by atoms with Crippen LogP contribution in [0.5, 0.6) is 11.5 Å². The van der Waals surface area contributed by atoms with Gasteiger partial charge in [0.05, 0.1) is 12.3 Å². The summed E-state index contributed by atoms with van der Waals surface area (Å²) in [5, 5.41) is 16.9. The Hall–Kier alpha value is -3.68. The Morgan fingerprint density at radius 1 is 1.18 bits per heavy atom. The number of hydrogen-bond donors (Lipinski definition) is 2. The second-order valence-corrected chi connectivity index (χ2v) is 8.04. The number of fused-ring (bicyclic) bond motifs is 1. The Morgan fingerprint density at radius 3 is 2.82 bits per heavy atom. The number of carbonyl (C=O) groups is 1. The van der Waals surface area contributed by atoms with Gasteiger partial charge in [-0.1, -0.05) is 31.1 Å². The number of para-hydroxylation sites is 1. The number of benzene rings is 2. The van der Waals surface area contributed by atoms with E-state index in [1.54, 1.807) is 12.1 Å². The maximum absolute atomic E-state index is 12.9. The number of nitrogens with zero attached hydrogens (tertiary/aromatic N) is 3. The zero-order chi connectivity index (χ0) is 22.9. The average molecular weight is 448 g/mol. The van der Waals surface area contributed by atoms with Crippen LogP contribution in [0.3, 0.4) is 0 Å². The molecule has 1 unspecified atom stereocenters. The lowest BCUT2D eigenvalue weighted by Crippen LogP contribution is -2.19. The van der Waals surface area contributed by atoms with Crippen molar-refractivity contribution in [2.75, 3.05) is 11.9 Å². The number of unbranched alkanes of at least 4 members (excludes halogenated alkanes) is 4. The van der Waals surface area contributed by atoms with Crippen molar-refractivity contribution in [3.63, 3.8) is 0 Å². The number of aromatic nitrogens is 4. The van der Waals surface area contributed by atoms with E-state index in [2.05, 4.69) is 32.5 Å². The van der Waals surface area contributed by atoms with Crippen molar-refractivity contribution >= 4 is 11.6 Å². The van der Waals surface area contributed by atoms with E-state index in [0.717, 1.165) is 43.4 Å². The van der Waals surface area contributed by atoms with Gasteiger partial charge in [-0.2, -0.15) is 0 Å². The van der Waals surface area contributed by atoms with Gasteiger partial charge in [-0.3, -0.25) is 4.79 Å². The van der Waals surface area contributed by atoms with Crippen LogP contribution in [0.2, 0.25) is 0 Å². The van der Waals surface area contributed by atoms with Crippen LogP contribution in [0.25, 0.3) is 0 Å². The van der Waals surface area contributed by atoms with Gasteiger partial charge in [0.25, 0.3) is 5.91 Å². The van der Waals surface area contributed by atoms with Crippen molar-refractivity contribution < 1.29 is 14.3 Å². The summed E-state index contributed by atoms with van der Waals surface area (Å²) >= 11 is 0. The van der Waals surface area contributed by atoms with E-state index < -0.39 is 0 Å². The van der Waals surface area contributed by atoms with Crippen molar-refractivity contribution in [3.8, 4) is 11.5 Å². The lowest BCUT2D eigenvalue weighted by Gasteiger charge is -2.26. The second kappa shape index (κ2) is 11.3. The largest absolute Gasteiger partial charge is 0.494 e. The van der Waals surface area contributed by atoms with Crippen LogP contribution in [0.4, 0.5) is 5.69 Å². The molecule has 1 aliphatic rings. The number of H-pyrrole nitrogens is 1. The van der Waals surface area contributed by atoms with Gasteiger partial charge in [0.2, 0.25) is 0 Å². The molecule has 4 rings (SSSR count). The first-order valence-corrected chi connectivity index (χ1v) is 11.4. The van der Waals surface area contributed by atoms with Crippen molar-refractivity contribution in [3.05, 3.63) is 72.1 Å². The molecule has 8 heteroatoms. The van der Waals surface area contributed by atoms with E-state index in [0.29, 0.717) is 29.4 Å². The molecule has 1 amide bonds. The van der Waals surface area contributed by atoms with Crippen molar-refractivity contribution in [1.29, 1.82) is 0 Å². The Kier molecular flexibility index (Phi) is 7.68. The molecule has 0 spiro atoms. The molecule has 0 radical (unpaired) electrons. The summed E-state index contributed by atoms with van der Waals surface area (Å²) in [5.41, 5.74) is 2.23. The number of aryl methyl sites for hydroxylation is 1. The molecule has 172 valence electrons. The zero-order valence-corrected chi connectivity index (χ0v) is 18.6. The summed E-state index contributed by atoms with van der Waals surface area (Å²) < 4.78 is 11.9. The third kappa shape index (κ3) is 5.97. The predicted octanol–water partition coefficient (Wildman–Crippen LogP) is 5.03. The third-order valence-electron chi connectivity index (χ3n) is 5.64. The Bertz CT molecular complexity index is 1050. The summed E-state index contributed by atoms with van der Waals surface area (Å²) in [6.45, 7) is 4.42. The number of carbonyl (C=O) groups excluding carboxylic acids is 1. The van der Waals surface area contributed by atoms with Crippen LogP contribution in [0, 0.1) is 0 Å². The maximum Gasteiger partial charge on any atom is 0.255 e. The Balaban J connectivity index is 1.32. The normalized spacial score (nSPS) is 14.7. The van der Waals surface area contributed by atoms with Gasteiger partial charge in [0.1, 0.15) is 11.5 Å². The smallest absolute Gasteiger partial charge is 0.255 e. The van der Waals surface area contributed by atoms with Crippen LogP contribution >= 0.6 is 0 Å². The predicted molar refractivity (Wildman–Crippen MR) is 125 cm³/mol. The molecular formula is C25H29N5O3. The molecule has 1 aliphatic heterocycles. The SMILES string of the molecule is C=CCCCCCCOc1ccc(C(=O)Nc2cccc3c2OC(c2nnn[nH]2)CC3)cc1. The van der Waals surface area contributed by atoms with E-state index in [1.807, 2.05) is 36.4 Å². The van der Waals surface area contributed by atoms with Crippen molar-refractivity contribution in [2.24, 2.45) is 0 Å². The Labute approximate surface area is 193 Å². The van der Waals surface area contributed by atoms with Gasteiger partial charge < -0.3 is 14.8 Å². The van der Waals surface area contributed by atoms with Gasteiger partial charge in [-0.25, -0.2) is 5.10 Å². The van der Waals surface area contributed by atoms with Crippen molar-refractivity contribution in [1.82, 2.24) is 20.6 Å². The summed E-state index contributed by atoms with van der Waals surface area (Å²) in [5.74, 6) is 1.80. The molecule has 0 saturated heterocycles. The highest BCUT2D eigenvalue weighted by molar-refractivity contribution is 6.05. The first-order valence-electron chi connectivity index (χ1n) is 11.4. The van der Waals surface area contributed by atoms with E-state index >= 15 is 0 Å². The van der Waals surface area contributed by atoms with E-state index in [4.69, 9.17) is 9.47 Å². The molecule has 0 aliphatic carbocycles. The minimum Gasteiger partial charge on any atom is -0.494 e. The number of ether oxygens (including phenoxy) is 2. The molecule has 1 aromatic heterocycles. The fourth-order valence-corrected chi connectivity index (χ4v) is 3.83. The molecule has 0 fully saturated rings. The molecule has 3 aromatic rings. The highest BCUT2D eigenvalue weighted by atomic mass is 16.5. The number of hydrogen-bond acceptors (Lipinski definition) is 6.